The summed E-state index contributed by atoms with van der Waals surface area (Å²) in [4.78, 5) is 4.35. The molecule has 0 unspecified atom stereocenters. The molecule has 0 spiro atoms. The second-order valence-corrected chi connectivity index (χ2v) is 6.57. The third-order valence-electron chi connectivity index (χ3n) is 3.44. The SMILES string of the molecule is Cc1ccc(C(C)(C)C)c(Oc2ccc([C@H](C)N)cn2)c1. The number of aromatic nitrogens is 1. The Hall–Kier alpha value is -1.87. The molecule has 2 rings (SSSR count). The summed E-state index contributed by atoms with van der Waals surface area (Å²) in [5.41, 5.74) is 9.21. The number of rotatable bonds is 3. The molecule has 0 saturated carbocycles. The fourth-order valence-electron chi connectivity index (χ4n) is 2.17. The lowest BCUT2D eigenvalue weighted by Crippen LogP contribution is -2.12. The van der Waals surface area contributed by atoms with E-state index in [0.29, 0.717) is 5.88 Å². The van der Waals surface area contributed by atoms with Crippen LogP contribution in [-0.2, 0) is 5.41 Å². The standard InChI is InChI=1S/C18H24N2O/c1-12-6-8-15(18(3,4)5)16(10-12)21-17-9-7-14(11-20-17)13(2)19/h6-11,13H,19H2,1-5H3/t13-/m0/s1. The van der Waals surface area contributed by atoms with Crippen LogP contribution in [0.1, 0.15) is 50.4 Å². The summed E-state index contributed by atoms with van der Waals surface area (Å²) in [6.07, 6.45) is 1.77. The first kappa shape index (κ1) is 15.5. The van der Waals surface area contributed by atoms with E-state index < -0.39 is 0 Å². The van der Waals surface area contributed by atoms with E-state index in [1.54, 1.807) is 6.20 Å². The average molecular weight is 284 g/mol. The molecule has 0 aliphatic carbocycles. The zero-order chi connectivity index (χ0) is 15.6. The Bertz CT molecular complexity index is 610. The predicted octanol–water partition coefficient (Wildman–Crippen LogP) is 4.50. The molecule has 3 heteroatoms. The molecule has 0 saturated heterocycles. The molecule has 0 radical (unpaired) electrons. The molecule has 0 aliphatic heterocycles. The maximum Gasteiger partial charge on any atom is 0.219 e. The maximum atomic E-state index is 6.00. The quantitative estimate of drug-likeness (QED) is 0.902. The van der Waals surface area contributed by atoms with Crippen molar-refractivity contribution in [1.82, 2.24) is 4.98 Å². The van der Waals surface area contributed by atoms with Gasteiger partial charge in [0.05, 0.1) is 0 Å². The Balaban J connectivity index is 2.32. The summed E-state index contributed by atoms with van der Waals surface area (Å²) in [5.74, 6) is 1.46. The zero-order valence-corrected chi connectivity index (χ0v) is 13.5. The summed E-state index contributed by atoms with van der Waals surface area (Å²) < 4.78 is 6.00. The van der Waals surface area contributed by atoms with Crippen molar-refractivity contribution in [2.24, 2.45) is 5.73 Å². The van der Waals surface area contributed by atoms with Crippen molar-refractivity contribution >= 4 is 0 Å². The van der Waals surface area contributed by atoms with Crippen LogP contribution in [-0.4, -0.2) is 4.98 Å². The first-order valence-electron chi connectivity index (χ1n) is 7.28. The van der Waals surface area contributed by atoms with Crippen LogP contribution in [0.3, 0.4) is 0 Å². The molecule has 0 fully saturated rings. The molecule has 0 aliphatic rings. The van der Waals surface area contributed by atoms with E-state index in [1.807, 2.05) is 19.1 Å². The normalized spacial score (nSPS) is 13.0. The third-order valence-corrected chi connectivity index (χ3v) is 3.44. The topological polar surface area (TPSA) is 48.1 Å². The van der Waals surface area contributed by atoms with Gasteiger partial charge in [0, 0.05) is 23.9 Å². The van der Waals surface area contributed by atoms with Gasteiger partial charge in [-0.15, -0.1) is 0 Å². The third kappa shape index (κ3) is 3.82. The molecule has 0 bridgehead atoms. The minimum atomic E-state index is -0.0179. The molecule has 112 valence electrons. The van der Waals surface area contributed by atoms with E-state index in [4.69, 9.17) is 10.5 Å². The van der Waals surface area contributed by atoms with Crippen LogP contribution in [0.4, 0.5) is 0 Å². The Morgan fingerprint density at radius 3 is 2.38 bits per heavy atom. The number of nitrogens with zero attached hydrogens (tertiary/aromatic N) is 1. The molecular formula is C18H24N2O. The second-order valence-electron chi connectivity index (χ2n) is 6.57. The number of aryl methyl sites for hydroxylation is 1. The van der Waals surface area contributed by atoms with E-state index in [-0.39, 0.29) is 11.5 Å². The Morgan fingerprint density at radius 2 is 1.86 bits per heavy atom. The Labute approximate surface area is 127 Å². The van der Waals surface area contributed by atoms with Crippen LogP contribution in [0.5, 0.6) is 11.6 Å². The maximum absolute atomic E-state index is 6.00. The molecule has 0 amide bonds. The number of nitrogens with two attached hydrogens (primary N) is 1. The minimum Gasteiger partial charge on any atom is -0.439 e. The van der Waals surface area contributed by atoms with Crippen LogP contribution < -0.4 is 10.5 Å². The molecule has 1 heterocycles. The van der Waals surface area contributed by atoms with Gasteiger partial charge in [-0.2, -0.15) is 0 Å². The number of ether oxygens (including phenoxy) is 1. The highest BCUT2D eigenvalue weighted by molar-refractivity contribution is 5.43. The fourth-order valence-corrected chi connectivity index (χ4v) is 2.17. The molecule has 3 nitrogen and oxygen atoms in total. The highest BCUT2D eigenvalue weighted by atomic mass is 16.5. The highest BCUT2D eigenvalue weighted by Crippen LogP contribution is 2.34. The number of hydrogen-bond acceptors (Lipinski definition) is 3. The summed E-state index contributed by atoms with van der Waals surface area (Å²) in [7, 11) is 0. The molecule has 1 aromatic heterocycles. The van der Waals surface area contributed by atoms with E-state index >= 15 is 0 Å². The van der Waals surface area contributed by atoms with Crippen molar-refractivity contribution in [3.05, 3.63) is 53.2 Å². The van der Waals surface area contributed by atoms with Crippen LogP contribution in [0.25, 0.3) is 0 Å². The molecule has 1 aromatic carbocycles. The molecular weight excluding hydrogens is 260 g/mol. The van der Waals surface area contributed by atoms with Gasteiger partial charge < -0.3 is 10.5 Å². The Kier molecular flexibility index (Phi) is 4.33. The molecule has 2 aromatic rings. The fraction of sp³-hybridized carbons (Fsp3) is 0.389. The van der Waals surface area contributed by atoms with Gasteiger partial charge in [0.25, 0.3) is 0 Å². The summed E-state index contributed by atoms with van der Waals surface area (Å²) in [5, 5.41) is 0. The summed E-state index contributed by atoms with van der Waals surface area (Å²) >= 11 is 0. The van der Waals surface area contributed by atoms with Gasteiger partial charge in [0.2, 0.25) is 5.88 Å². The van der Waals surface area contributed by atoms with Gasteiger partial charge in [-0.1, -0.05) is 39.0 Å². The van der Waals surface area contributed by atoms with Gasteiger partial charge >= 0.3 is 0 Å². The largest absolute Gasteiger partial charge is 0.439 e. The van der Waals surface area contributed by atoms with Crippen molar-refractivity contribution in [2.75, 3.05) is 0 Å². The van der Waals surface area contributed by atoms with Gasteiger partial charge in [-0.3, -0.25) is 0 Å². The smallest absolute Gasteiger partial charge is 0.219 e. The van der Waals surface area contributed by atoms with E-state index in [0.717, 1.165) is 11.3 Å². The predicted molar refractivity (Wildman–Crippen MR) is 86.8 cm³/mol. The lowest BCUT2D eigenvalue weighted by molar-refractivity contribution is 0.439. The van der Waals surface area contributed by atoms with Crippen molar-refractivity contribution < 1.29 is 4.74 Å². The van der Waals surface area contributed by atoms with Crippen molar-refractivity contribution in [2.45, 2.75) is 46.1 Å². The van der Waals surface area contributed by atoms with Crippen molar-refractivity contribution in [1.29, 1.82) is 0 Å². The summed E-state index contributed by atoms with van der Waals surface area (Å²) in [6.45, 7) is 10.5. The van der Waals surface area contributed by atoms with Crippen molar-refractivity contribution in [3.8, 4) is 11.6 Å². The van der Waals surface area contributed by atoms with Crippen LogP contribution in [0, 0.1) is 6.92 Å². The second kappa shape index (κ2) is 5.86. The summed E-state index contributed by atoms with van der Waals surface area (Å²) in [6, 6.07) is 10.1. The van der Waals surface area contributed by atoms with Crippen molar-refractivity contribution in [3.63, 3.8) is 0 Å². The monoisotopic (exact) mass is 284 g/mol. The van der Waals surface area contributed by atoms with Gasteiger partial charge in [0.1, 0.15) is 5.75 Å². The number of hydrogen-bond donors (Lipinski definition) is 1. The van der Waals surface area contributed by atoms with Crippen LogP contribution >= 0.6 is 0 Å². The Morgan fingerprint density at radius 1 is 1.14 bits per heavy atom. The van der Waals surface area contributed by atoms with Gasteiger partial charge in [-0.05, 0) is 36.5 Å². The molecule has 2 N–H and O–H groups in total. The minimum absolute atomic E-state index is 0.0179. The van der Waals surface area contributed by atoms with Gasteiger partial charge in [-0.25, -0.2) is 4.98 Å². The van der Waals surface area contributed by atoms with E-state index in [9.17, 15) is 0 Å². The van der Waals surface area contributed by atoms with Crippen LogP contribution in [0.15, 0.2) is 36.5 Å². The van der Waals surface area contributed by atoms with Crippen LogP contribution in [0.2, 0.25) is 0 Å². The number of benzene rings is 1. The lowest BCUT2D eigenvalue weighted by Gasteiger charge is -2.23. The van der Waals surface area contributed by atoms with E-state index in [1.165, 1.54) is 11.1 Å². The number of pyridine rings is 1. The highest BCUT2D eigenvalue weighted by Gasteiger charge is 2.19. The molecule has 21 heavy (non-hydrogen) atoms. The zero-order valence-electron chi connectivity index (χ0n) is 13.5. The first-order chi connectivity index (χ1) is 9.77. The molecule has 1 atom stereocenters. The first-order valence-corrected chi connectivity index (χ1v) is 7.28. The lowest BCUT2D eigenvalue weighted by atomic mass is 9.86. The average Bonchev–Trinajstić information content (AvgIpc) is 2.38. The van der Waals surface area contributed by atoms with E-state index in [2.05, 4.69) is 50.9 Å². The van der Waals surface area contributed by atoms with Gasteiger partial charge in [0.15, 0.2) is 0 Å².